The van der Waals surface area contributed by atoms with Crippen LogP contribution in [0.3, 0.4) is 0 Å². The van der Waals surface area contributed by atoms with Gasteiger partial charge in [-0.15, -0.1) is 0 Å². The quantitative estimate of drug-likeness (QED) is 0.706. The molecule has 20 heavy (non-hydrogen) atoms. The van der Waals surface area contributed by atoms with Crippen LogP contribution in [-0.4, -0.2) is 29.6 Å². The molecule has 2 rings (SSSR count). The second-order valence-corrected chi connectivity index (χ2v) is 4.47. The average molecular weight is 272 g/mol. The van der Waals surface area contributed by atoms with E-state index in [0.29, 0.717) is 30.5 Å². The summed E-state index contributed by atoms with van der Waals surface area (Å²) in [5.74, 6) is 5.40. The number of amides is 2. The van der Waals surface area contributed by atoms with Gasteiger partial charge < -0.3 is 15.7 Å². The second-order valence-electron chi connectivity index (χ2n) is 4.47. The predicted octanol–water partition coefficient (Wildman–Crippen LogP) is 0.638. The number of carbonyl (C=O) groups is 2. The van der Waals surface area contributed by atoms with Gasteiger partial charge in [-0.3, -0.25) is 9.59 Å². The summed E-state index contributed by atoms with van der Waals surface area (Å²) in [5.41, 5.74) is 1.31. The molecule has 0 saturated carbocycles. The molecule has 1 saturated heterocycles. The van der Waals surface area contributed by atoms with Crippen molar-refractivity contribution in [2.75, 3.05) is 11.9 Å². The Morgan fingerprint density at radius 3 is 2.95 bits per heavy atom. The normalized spacial score (nSPS) is 17.1. The first-order valence-electron chi connectivity index (χ1n) is 6.49. The number of aliphatic hydroxyl groups is 1. The Kier molecular flexibility index (Phi) is 4.75. The maximum Gasteiger partial charge on any atom is 0.246 e. The molecule has 0 radical (unpaired) electrons. The Bertz CT molecular complexity index is 572. The van der Waals surface area contributed by atoms with Crippen LogP contribution in [0.1, 0.15) is 24.8 Å². The number of anilines is 1. The fraction of sp³-hybridized carbons (Fsp3) is 0.333. The molecule has 1 aliphatic rings. The van der Waals surface area contributed by atoms with Gasteiger partial charge in [0.15, 0.2) is 0 Å². The molecular formula is C15H16N2O3. The topological polar surface area (TPSA) is 78.4 Å². The molecule has 1 fully saturated rings. The lowest BCUT2D eigenvalue weighted by Gasteiger charge is -2.12. The van der Waals surface area contributed by atoms with Gasteiger partial charge in [0, 0.05) is 18.4 Å². The van der Waals surface area contributed by atoms with Crippen LogP contribution in [0, 0.1) is 11.8 Å². The van der Waals surface area contributed by atoms with E-state index in [2.05, 4.69) is 22.5 Å². The van der Waals surface area contributed by atoms with Gasteiger partial charge in [-0.05, 0) is 18.6 Å². The molecule has 1 heterocycles. The van der Waals surface area contributed by atoms with E-state index in [1.807, 2.05) is 6.07 Å². The zero-order chi connectivity index (χ0) is 14.4. The van der Waals surface area contributed by atoms with Crippen molar-refractivity contribution in [1.82, 2.24) is 5.32 Å². The molecule has 1 aromatic carbocycles. The molecule has 0 spiro atoms. The summed E-state index contributed by atoms with van der Waals surface area (Å²) < 4.78 is 0. The van der Waals surface area contributed by atoms with Crippen LogP contribution in [0.4, 0.5) is 5.69 Å². The molecule has 104 valence electrons. The Morgan fingerprint density at radius 1 is 1.45 bits per heavy atom. The summed E-state index contributed by atoms with van der Waals surface area (Å²) in [5, 5.41) is 14.1. The molecule has 1 unspecified atom stereocenters. The highest BCUT2D eigenvalue weighted by molar-refractivity contribution is 5.99. The second kappa shape index (κ2) is 6.73. The first-order chi connectivity index (χ1) is 9.70. The number of nitrogens with one attached hydrogen (secondary N) is 2. The highest BCUT2D eigenvalue weighted by Crippen LogP contribution is 2.16. The lowest BCUT2D eigenvalue weighted by atomic mass is 10.1. The third kappa shape index (κ3) is 3.59. The van der Waals surface area contributed by atoms with Crippen LogP contribution in [-0.2, 0) is 9.59 Å². The van der Waals surface area contributed by atoms with E-state index in [-0.39, 0.29) is 18.4 Å². The van der Waals surface area contributed by atoms with Gasteiger partial charge in [0.2, 0.25) is 11.8 Å². The molecule has 0 aromatic heterocycles. The van der Waals surface area contributed by atoms with Crippen LogP contribution in [0.2, 0.25) is 0 Å². The number of carbonyl (C=O) groups excluding carboxylic acids is 2. The fourth-order valence-corrected chi connectivity index (χ4v) is 1.95. The standard InChI is InChI=1S/C15H16N2O3/c18-10-4-3-6-11-5-1-2-7-12(11)17-15(20)13-8-9-14(19)16-13/h1-2,5,7,13,18H,4,8-10H2,(H,16,19)(H,17,20). The number of hydrogen-bond donors (Lipinski definition) is 3. The summed E-state index contributed by atoms with van der Waals surface area (Å²) >= 11 is 0. The molecule has 1 aromatic rings. The molecular weight excluding hydrogens is 256 g/mol. The van der Waals surface area contributed by atoms with E-state index in [4.69, 9.17) is 5.11 Å². The van der Waals surface area contributed by atoms with Gasteiger partial charge in [-0.25, -0.2) is 0 Å². The largest absolute Gasteiger partial charge is 0.395 e. The van der Waals surface area contributed by atoms with Crippen LogP contribution in [0.5, 0.6) is 0 Å². The Labute approximate surface area is 117 Å². The third-order valence-electron chi connectivity index (χ3n) is 2.96. The van der Waals surface area contributed by atoms with Gasteiger partial charge in [-0.1, -0.05) is 24.0 Å². The maximum absolute atomic E-state index is 12.0. The van der Waals surface area contributed by atoms with Crippen molar-refractivity contribution in [2.24, 2.45) is 0 Å². The van der Waals surface area contributed by atoms with Crippen molar-refractivity contribution in [3.63, 3.8) is 0 Å². The molecule has 5 heteroatoms. The van der Waals surface area contributed by atoms with E-state index in [0.717, 1.165) is 0 Å². The fourth-order valence-electron chi connectivity index (χ4n) is 1.95. The highest BCUT2D eigenvalue weighted by atomic mass is 16.2. The van der Waals surface area contributed by atoms with E-state index >= 15 is 0 Å². The van der Waals surface area contributed by atoms with Crippen LogP contribution in [0.15, 0.2) is 24.3 Å². The van der Waals surface area contributed by atoms with E-state index in [1.165, 1.54) is 0 Å². The SMILES string of the molecule is O=C1CCC(C(=O)Nc2ccccc2C#CCCO)N1. The first-order valence-corrected chi connectivity index (χ1v) is 6.49. The third-order valence-corrected chi connectivity index (χ3v) is 2.96. The molecule has 0 bridgehead atoms. The Hall–Kier alpha value is -2.32. The molecule has 1 atom stereocenters. The summed E-state index contributed by atoms with van der Waals surface area (Å²) in [6, 6.07) is 6.72. The van der Waals surface area contributed by atoms with E-state index in [1.54, 1.807) is 18.2 Å². The van der Waals surface area contributed by atoms with Gasteiger partial charge in [-0.2, -0.15) is 0 Å². The zero-order valence-electron chi connectivity index (χ0n) is 11.0. The van der Waals surface area contributed by atoms with Gasteiger partial charge >= 0.3 is 0 Å². The highest BCUT2D eigenvalue weighted by Gasteiger charge is 2.27. The summed E-state index contributed by atoms with van der Waals surface area (Å²) in [4.78, 5) is 23.1. The number of hydrogen-bond acceptors (Lipinski definition) is 3. The minimum Gasteiger partial charge on any atom is -0.395 e. The van der Waals surface area contributed by atoms with Crippen LogP contribution >= 0.6 is 0 Å². The first kappa shape index (κ1) is 14.1. The minimum atomic E-state index is -0.471. The van der Waals surface area contributed by atoms with Gasteiger partial charge in [0.1, 0.15) is 6.04 Å². The zero-order valence-corrected chi connectivity index (χ0v) is 11.0. The van der Waals surface area contributed by atoms with E-state index < -0.39 is 6.04 Å². The van der Waals surface area contributed by atoms with Crippen molar-refractivity contribution < 1.29 is 14.7 Å². The van der Waals surface area contributed by atoms with Crippen molar-refractivity contribution >= 4 is 17.5 Å². The minimum absolute atomic E-state index is 0.00956. The summed E-state index contributed by atoms with van der Waals surface area (Å²) in [6.07, 6.45) is 1.29. The molecule has 1 aliphatic heterocycles. The Balaban J connectivity index is 2.07. The molecule has 2 amide bonds. The number of para-hydroxylation sites is 1. The number of aliphatic hydroxyl groups excluding tert-OH is 1. The molecule has 0 aliphatic carbocycles. The smallest absolute Gasteiger partial charge is 0.246 e. The van der Waals surface area contributed by atoms with E-state index in [9.17, 15) is 9.59 Å². The van der Waals surface area contributed by atoms with Crippen molar-refractivity contribution in [1.29, 1.82) is 0 Å². The number of rotatable bonds is 3. The summed E-state index contributed by atoms with van der Waals surface area (Å²) in [7, 11) is 0. The monoisotopic (exact) mass is 272 g/mol. The number of benzene rings is 1. The van der Waals surface area contributed by atoms with Crippen LogP contribution in [0.25, 0.3) is 0 Å². The van der Waals surface area contributed by atoms with Crippen LogP contribution < -0.4 is 10.6 Å². The lowest BCUT2D eigenvalue weighted by Crippen LogP contribution is -2.37. The maximum atomic E-state index is 12.0. The van der Waals surface area contributed by atoms with Gasteiger partial charge in [0.25, 0.3) is 0 Å². The van der Waals surface area contributed by atoms with Gasteiger partial charge in [0.05, 0.1) is 12.3 Å². The lowest BCUT2D eigenvalue weighted by molar-refractivity contribution is -0.122. The average Bonchev–Trinajstić information content (AvgIpc) is 2.88. The Morgan fingerprint density at radius 2 is 2.25 bits per heavy atom. The predicted molar refractivity (Wildman–Crippen MR) is 74.8 cm³/mol. The molecule has 3 N–H and O–H groups in total. The summed E-state index contributed by atoms with van der Waals surface area (Å²) in [6.45, 7) is 0.00956. The molecule has 5 nitrogen and oxygen atoms in total. The van der Waals surface area contributed by atoms with Crippen molar-refractivity contribution in [2.45, 2.75) is 25.3 Å². The van der Waals surface area contributed by atoms with Crippen molar-refractivity contribution in [3.8, 4) is 11.8 Å². The van der Waals surface area contributed by atoms with Crippen molar-refractivity contribution in [3.05, 3.63) is 29.8 Å².